The van der Waals surface area contributed by atoms with E-state index in [0.717, 1.165) is 25.7 Å². The van der Waals surface area contributed by atoms with Crippen LogP contribution in [-0.4, -0.2) is 55.0 Å². The summed E-state index contributed by atoms with van der Waals surface area (Å²) >= 11 is 0. The number of rotatable bonds is 10. The fourth-order valence-electron chi connectivity index (χ4n) is 6.68. The summed E-state index contributed by atoms with van der Waals surface area (Å²) in [4.78, 5) is 39.9. The molecule has 2 saturated heterocycles. The van der Waals surface area contributed by atoms with Gasteiger partial charge in [-0.15, -0.1) is 0 Å². The zero-order valence-corrected chi connectivity index (χ0v) is 24.9. The second-order valence-electron chi connectivity index (χ2n) is 12.3. The van der Waals surface area contributed by atoms with Crippen molar-refractivity contribution in [3.8, 4) is 0 Å². The normalized spacial score (nSPS) is 23.2. The molecule has 2 atom stereocenters. The molecule has 0 bridgehead atoms. The zero-order chi connectivity index (χ0) is 29.9. The third-order valence-corrected chi connectivity index (χ3v) is 9.53. The van der Waals surface area contributed by atoms with E-state index in [1.165, 1.54) is 11.1 Å². The second-order valence-corrected chi connectivity index (χ2v) is 12.3. The number of aromatic nitrogens is 4. The average molecular weight is 595 g/mol. The largest absolute Gasteiger partial charge is 0.337 e. The summed E-state index contributed by atoms with van der Waals surface area (Å²) in [6.45, 7) is 1.41. The number of hydrogen-bond acceptors (Lipinski definition) is 8. The summed E-state index contributed by atoms with van der Waals surface area (Å²) in [5.41, 5.74) is 2.47. The van der Waals surface area contributed by atoms with E-state index < -0.39 is 0 Å². The van der Waals surface area contributed by atoms with E-state index in [9.17, 15) is 9.59 Å². The Kier molecular flexibility index (Phi) is 8.22. The highest BCUT2D eigenvalue weighted by Gasteiger charge is 2.44. The molecule has 4 heterocycles. The van der Waals surface area contributed by atoms with Gasteiger partial charge in [0.25, 0.3) is 0 Å². The Hall–Kier alpha value is -4.34. The van der Waals surface area contributed by atoms with E-state index in [0.29, 0.717) is 75.0 Å². The molecule has 3 fully saturated rings. The first kappa shape index (κ1) is 28.4. The van der Waals surface area contributed by atoms with Crippen LogP contribution in [0.2, 0.25) is 0 Å². The van der Waals surface area contributed by atoms with Crippen LogP contribution in [0.4, 0.5) is 0 Å². The molecule has 1 aliphatic carbocycles. The molecule has 3 aliphatic rings. The number of likely N-dealkylation sites (tertiary alicyclic amines) is 2. The molecule has 0 spiro atoms. The smallest absolute Gasteiger partial charge is 0.249 e. The second kappa shape index (κ2) is 12.7. The lowest BCUT2D eigenvalue weighted by atomic mass is 9.79. The fourth-order valence-corrected chi connectivity index (χ4v) is 6.68. The summed E-state index contributed by atoms with van der Waals surface area (Å²) in [7, 11) is 0. The number of carbonyl (C=O) groups is 2. The van der Waals surface area contributed by atoms with Crippen molar-refractivity contribution in [3.63, 3.8) is 0 Å². The predicted molar refractivity (Wildman–Crippen MR) is 160 cm³/mol. The quantitative estimate of drug-likeness (QED) is 0.250. The first-order valence-corrected chi connectivity index (χ1v) is 16.0. The van der Waals surface area contributed by atoms with Crippen LogP contribution in [0.5, 0.6) is 0 Å². The van der Waals surface area contributed by atoms with Crippen molar-refractivity contribution < 1.29 is 18.6 Å². The third kappa shape index (κ3) is 6.02. The summed E-state index contributed by atoms with van der Waals surface area (Å²) < 4.78 is 11.2. The Labute approximate surface area is 256 Å². The molecule has 10 nitrogen and oxygen atoms in total. The van der Waals surface area contributed by atoms with Gasteiger partial charge in [-0.1, -0.05) is 71.0 Å². The summed E-state index contributed by atoms with van der Waals surface area (Å²) in [5.74, 6) is 2.56. The van der Waals surface area contributed by atoms with E-state index in [2.05, 4.69) is 44.5 Å². The molecular formula is C34H38N6O4. The van der Waals surface area contributed by atoms with Crippen molar-refractivity contribution in [1.29, 1.82) is 0 Å². The van der Waals surface area contributed by atoms with E-state index in [-0.39, 0.29) is 35.7 Å². The molecule has 0 N–H and O–H groups in total. The molecule has 2 aliphatic heterocycles. The molecule has 44 heavy (non-hydrogen) atoms. The van der Waals surface area contributed by atoms with Gasteiger partial charge in [0.2, 0.25) is 23.6 Å². The van der Waals surface area contributed by atoms with Crippen LogP contribution in [0.25, 0.3) is 0 Å². The van der Waals surface area contributed by atoms with Crippen molar-refractivity contribution in [1.82, 2.24) is 30.1 Å². The molecule has 2 amide bonds. The minimum Gasteiger partial charge on any atom is -0.337 e. The van der Waals surface area contributed by atoms with Gasteiger partial charge in [0, 0.05) is 37.8 Å². The van der Waals surface area contributed by atoms with Crippen LogP contribution in [0.15, 0.2) is 69.7 Å². The van der Waals surface area contributed by atoms with Crippen molar-refractivity contribution in [3.05, 3.63) is 95.2 Å². The summed E-state index contributed by atoms with van der Waals surface area (Å²) in [5, 5.41) is 8.34. The number of aryl methyl sites for hydroxylation is 4. The monoisotopic (exact) mass is 594 g/mol. The molecule has 2 aromatic carbocycles. The van der Waals surface area contributed by atoms with Crippen LogP contribution in [-0.2, 0) is 35.3 Å². The fraction of sp³-hybridized carbons (Fsp3) is 0.471. The lowest BCUT2D eigenvalue weighted by Crippen LogP contribution is -2.50. The number of nitrogens with zero attached hydrogens (tertiary/aromatic N) is 6. The molecule has 0 unspecified atom stereocenters. The van der Waals surface area contributed by atoms with Crippen LogP contribution >= 0.6 is 0 Å². The lowest BCUT2D eigenvalue weighted by Gasteiger charge is -2.43. The van der Waals surface area contributed by atoms with Gasteiger partial charge in [-0.25, -0.2) is 0 Å². The van der Waals surface area contributed by atoms with Crippen molar-refractivity contribution in [2.24, 2.45) is 11.8 Å². The zero-order valence-electron chi connectivity index (χ0n) is 24.9. The van der Waals surface area contributed by atoms with E-state index in [1.54, 1.807) is 0 Å². The Morgan fingerprint density at radius 2 is 1.00 bits per heavy atom. The van der Waals surface area contributed by atoms with Gasteiger partial charge in [0.05, 0.1) is 0 Å². The topological polar surface area (TPSA) is 118 Å². The molecule has 1 saturated carbocycles. The number of amides is 2. The number of hydrogen-bond donors (Lipinski definition) is 0. The Balaban J connectivity index is 0.879. The maximum Gasteiger partial charge on any atom is 0.249 e. The van der Waals surface area contributed by atoms with Crippen LogP contribution in [0.3, 0.4) is 0 Å². The summed E-state index contributed by atoms with van der Waals surface area (Å²) in [6.07, 6.45) is 7.62. The molecule has 4 aromatic rings. The molecular weight excluding hydrogens is 556 g/mol. The number of benzene rings is 2. The average Bonchev–Trinajstić information content (AvgIpc) is 3.69. The van der Waals surface area contributed by atoms with Crippen molar-refractivity contribution in [2.45, 2.75) is 76.3 Å². The van der Waals surface area contributed by atoms with E-state index >= 15 is 0 Å². The van der Waals surface area contributed by atoms with Gasteiger partial charge >= 0.3 is 0 Å². The van der Waals surface area contributed by atoms with Crippen molar-refractivity contribution >= 4 is 11.8 Å². The number of carbonyl (C=O) groups excluding carboxylic acids is 2. The van der Waals surface area contributed by atoms with Gasteiger partial charge in [0.15, 0.2) is 11.6 Å². The lowest BCUT2D eigenvalue weighted by molar-refractivity contribution is -0.151. The first-order valence-electron chi connectivity index (χ1n) is 16.0. The van der Waals surface area contributed by atoms with Crippen LogP contribution in [0.1, 0.15) is 85.2 Å². The first-order chi connectivity index (χ1) is 21.6. The van der Waals surface area contributed by atoms with Gasteiger partial charge in [-0.3, -0.25) is 9.59 Å². The van der Waals surface area contributed by atoms with E-state index in [4.69, 9.17) is 9.05 Å². The van der Waals surface area contributed by atoms with E-state index in [1.807, 2.05) is 46.2 Å². The highest BCUT2D eigenvalue weighted by molar-refractivity contribution is 5.82. The minimum atomic E-state index is -0.145. The third-order valence-electron chi connectivity index (χ3n) is 9.53. The van der Waals surface area contributed by atoms with Gasteiger partial charge in [0.1, 0.15) is 12.1 Å². The Bertz CT molecular complexity index is 1440. The Morgan fingerprint density at radius 1 is 0.591 bits per heavy atom. The van der Waals surface area contributed by atoms with Crippen LogP contribution in [0, 0.1) is 11.8 Å². The Morgan fingerprint density at radius 3 is 1.36 bits per heavy atom. The molecule has 228 valence electrons. The molecule has 7 rings (SSSR count). The SMILES string of the molecule is O=C(C1CCC(C(=O)N2CC[C@H]2c2nc(CCc3ccccc3)no2)CC1)N1CC[C@H]1c1nc(CCc2ccccc2)no1. The highest BCUT2D eigenvalue weighted by Crippen LogP contribution is 2.40. The van der Waals surface area contributed by atoms with Crippen LogP contribution < -0.4 is 0 Å². The standard InChI is InChI=1S/C34H38N6O4/c41-33(39-21-19-27(39)31-35-29(37-43-31)17-11-23-7-3-1-4-8-23)25-13-15-26(16-14-25)34(42)40-22-20-28(40)32-36-30(38-44-32)18-12-24-9-5-2-6-10-24/h1-10,25-28H,11-22H2/t25?,26?,27-,28-/m0/s1. The maximum absolute atomic E-state index is 13.5. The van der Waals surface area contributed by atoms with Gasteiger partial charge in [-0.2, -0.15) is 9.97 Å². The molecule has 10 heteroatoms. The molecule has 0 radical (unpaired) electrons. The highest BCUT2D eigenvalue weighted by atomic mass is 16.5. The summed E-state index contributed by atoms with van der Waals surface area (Å²) in [6, 6.07) is 20.2. The van der Waals surface area contributed by atoms with Gasteiger partial charge in [-0.05, 0) is 62.5 Å². The van der Waals surface area contributed by atoms with Gasteiger partial charge < -0.3 is 18.8 Å². The van der Waals surface area contributed by atoms with Crippen molar-refractivity contribution in [2.75, 3.05) is 13.1 Å². The predicted octanol–water partition coefficient (Wildman–Crippen LogP) is 5.08. The minimum absolute atomic E-state index is 0.0716. The maximum atomic E-state index is 13.5. The molecule has 2 aromatic heterocycles.